The van der Waals surface area contributed by atoms with Crippen LogP contribution in [0.3, 0.4) is 0 Å². The Hall–Kier alpha value is -2.54. The van der Waals surface area contributed by atoms with E-state index >= 15 is 0 Å². The highest BCUT2D eigenvalue weighted by Crippen LogP contribution is 2.25. The molecule has 0 aliphatic rings. The van der Waals surface area contributed by atoms with Gasteiger partial charge in [0.1, 0.15) is 23.6 Å². The van der Waals surface area contributed by atoms with Crippen molar-refractivity contribution < 1.29 is 18.7 Å². The lowest BCUT2D eigenvalue weighted by molar-refractivity contribution is 0.0810. The van der Waals surface area contributed by atoms with Crippen molar-refractivity contribution in [1.29, 1.82) is 0 Å². The second-order valence-corrected chi connectivity index (χ2v) is 5.25. The Kier molecular flexibility index (Phi) is 5.81. The molecule has 1 aromatic heterocycles. The fourth-order valence-electron chi connectivity index (χ4n) is 2.33. The third-order valence-electron chi connectivity index (χ3n) is 3.71. The highest BCUT2D eigenvalue weighted by molar-refractivity contribution is 5.94. The van der Waals surface area contributed by atoms with Crippen molar-refractivity contribution in [3.63, 3.8) is 0 Å². The van der Waals surface area contributed by atoms with E-state index in [2.05, 4.69) is 15.6 Å². The minimum Gasteiger partial charge on any atom is -0.386 e. The standard InChI is InChI=1S/C17H19F2N3O2/c1-3-13(16(23)15-11(18)5-4-6-12(15)19)22-17(24)10-7-8-14(20-2)21-9-10/h4-9,13,16,23H,3H2,1-2H3,(H,20,21)(H,22,24). The Morgan fingerprint density at radius 3 is 2.42 bits per heavy atom. The van der Waals surface area contributed by atoms with Gasteiger partial charge in [0.2, 0.25) is 0 Å². The first-order chi connectivity index (χ1) is 11.5. The second kappa shape index (κ2) is 7.83. The first-order valence-corrected chi connectivity index (χ1v) is 7.54. The van der Waals surface area contributed by atoms with Gasteiger partial charge in [0.25, 0.3) is 5.91 Å². The van der Waals surface area contributed by atoms with E-state index < -0.39 is 35.3 Å². The molecule has 0 spiro atoms. The number of benzene rings is 1. The molecule has 7 heteroatoms. The number of nitrogens with zero attached hydrogens (tertiary/aromatic N) is 1. The Balaban J connectivity index is 2.17. The summed E-state index contributed by atoms with van der Waals surface area (Å²) in [5, 5.41) is 15.7. The van der Waals surface area contributed by atoms with Crippen LogP contribution in [0.1, 0.15) is 35.4 Å². The number of anilines is 1. The summed E-state index contributed by atoms with van der Waals surface area (Å²) in [5.41, 5.74) is -0.165. The number of halogens is 2. The van der Waals surface area contributed by atoms with Crippen LogP contribution in [-0.2, 0) is 0 Å². The monoisotopic (exact) mass is 335 g/mol. The van der Waals surface area contributed by atoms with E-state index in [1.807, 2.05) is 0 Å². The number of rotatable bonds is 6. The summed E-state index contributed by atoms with van der Waals surface area (Å²) < 4.78 is 27.6. The molecule has 0 saturated heterocycles. The molecule has 128 valence electrons. The van der Waals surface area contributed by atoms with Gasteiger partial charge < -0.3 is 15.7 Å². The predicted octanol–water partition coefficient (Wildman–Crippen LogP) is 2.64. The quantitative estimate of drug-likeness (QED) is 0.759. The maximum Gasteiger partial charge on any atom is 0.253 e. The fourth-order valence-corrected chi connectivity index (χ4v) is 2.33. The van der Waals surface area contributed by atoms with Crippen LogP contribution in [0.5, 0.6) is 0 Å². The van der Waals surface area contributed by atoms with Gasteiger partial charge in [-0.2, -0.15) is 0 Å². The molecule has 2 aromatic rings. The predicted molar refractivity (Wildman–Crippen MR) is 86.6 cm³/mol. The van der Waals surface area contributed by atoms with Gasteiger partial charge >= 0.3 is 0 Å². The van der Waals surface area contributed by atoms with E-state index in [1.54, 1.807) is 26.1 Å². The molecule has 0 fully saturated rings. The minimum atomic E-state index is -1.50. The smallest absolute Gasteiger partial charge is 0.253 e. The van der Waals surface area contributed by atoms with Crippen molar-refractivity contribution in [2.45, 2.75) is 25.5 Å². The van der Waals surface area contributed by atoms with Gasteiger partial charge in [-0.3, -0.25) is 4.79 Å². The van der Waals surface area contributed by atoms with E-state index in [-0.39, 0.29) is 5.56 Å². The summed E-state index contributed by atoms with van der Waals surface area (Å²) in [5.74, 6) is -1.58. The Morgan fingerprint density at radius 1 is 1.25 bits per heavy atom. The van der Waals surface area contributed by atoms with Gasteiger partial charge in [-0.05, 0) is 30.7 Å². The van der Waals surface area contributed by atoms with E-state index in [1.165, 1.54) is 12.3 Å². The Labute approximate surface area is 138 Å². The largest absolute Gasteiger partial charge is 0.386 e. The molecule has 0 saturated carbocycles. The zero-order valence-electron chi connectivity index (χ0n) is 13.4. The van der Waals surface area contributed by atoms with Crippen LogP contribution in [0.25, 0.3) is 0 Å². The Bertz CT molecular complexity index is 687. The van der Waals surface area contributed by atoms with Gasteiger partial charge in [-0.1, -0.05) is 13.0 Å². The molecule has 1 aromatic carbocycles. The molecule has 2 rings (SSSR count). The normalized spacial score (nSPS) is 13.2. The summed E-state index contributed by atoms with van der Waals surface area (Å²) in [7, 11) is 1.70. The summed E-state index contributed by atoms with van der Waals surface area (Å²) >= 11 is 0. The number of aromatic nitrogens is 1. The van der Waals surface area contributed by atoms with Gasteiger partial charge in [0, 0.05) is 13.2 Å². The molecule has 3 N–H and O–H groups in total. The van der Waals surface area contributed by atoms with Crippen LogP contribution in [0.4, 0.5) is 14.6 Å². The van der Waals surface area contributed by atoms with Crippen LogP contribution >= 0.6 is 0 Å². The number of hydrogen-bond acceptors (Lipinski definition) is 4. The number of aliphatic hydroxyl groups excluding tert-OH is 1. The SMILES string of the molecule is CCC(NC(=O)c1ccc(NC)nc1)C(O)c1c(F)cccc1F. The van der Waals surface area contributed by atoms with Gasteiger partial charge in [0.05, 0.1) is 17.2 Å². The van der Waals surface area contributed by atoms with Crippen LogP contribution in [0, 0.1) is 11.6 Å². The molecule has 0 aliphatic heterocycles. The summed E-state index contributed by atoms with van der Waals surface area (Å²) in [6, 6.07) is 5.70. The number of hydrogen-bond donors (Lipinski definition) is 3. The van der Waals surface area contributed by atoms with Gasteiger partial charge in [-0.15, -0.1) is 0 Å². The Morgan fingerprint density at radius 2 is 1.92 bits per heavy atom. The fraction of sp³-hybridized carbons (Fsp3) is 0.294. The number of carbonyl (C=O) groups is 1. The van der Waals surface area contributed by atoms with E-state index in [9.17, 15) is 18.7 Å². The maximum atomic E-state index is 13.8. The number of nitrogens with one attached hydrogen (secondary N) is 2. The molecular weight excluding hydrogens is 316 g/mol. The van der Waals surface area contributed by atoms with Crippen molar-refractivity contribution in [3.05, 3.63) is 59.3 Å². The van der Waals surface area contributed by atoms with Gasteiger partial charge in [0.15, 0.2) is 0 Å². The molecule has 0 aliphatic carbocycles. The lowest BCUT2D eigenvalue weighted by Crippen LogP contribution is -2.39. The number of aliphatic hydroxyl groups is 1. The van der Waals surface area contributed by atoms with Crippen LogP contribution < -0.4 is 10.6 Å². The molecule has 1 amide bonds. The maximum absolute atomic E-state index is 13.8. The number of amides is 1. The topological polar surface area (TPSA) is 74.2 Å². The zero-order valence-corrected chi connectivity index (χ0v) is 13.4. The molecular formula is C17H19F2N3O2. The van der Waals surface area contributed by atoms with E-state index in [0.717, 1.165) is 12.1 Å². The van der Waals surface area contributed by atoms with Crippen LogP contribution in [-0.4, -0.2) is 29.1 Å². The molecule has 24 heavy (non-hydrogen) atoms. The number of carbonyl (C=O) groups excluding carboxylic acids is 1. The number of pyridine rings is 1. The molecule has 2 atom stereocenters. The highest BCUT2D eigenvalue weighted by Gasteiger charge is 2.27. The van der Waals surface area contributed by atoms with Gasteiger partial charge in [-0.25, -0.2) is 13.8 Å². The molecule has 5 nitrogen and oxygen atoms in total. The van der Waals surface area contributed by atoms with Crippen molar-refractivity contribution >= 4 is 11.7 Å². The summed E-state index contributed by atoms with van der Waals surface area (Å²) in [4.78, 5) is 16.3. The molecule has 0 bridgehead atoms. The summed E-state index contributed by atoms with van der Waals surface area (Å²) in [6.45, 7) is 1.70. The molecule has 1 heterocycles. The third kappa shape index (κ3) is 3.86. The van der Waals surface area contributed by atoms with Crippen molar-refractivity contribution in [2.24, 2.45) is 0 Å². The highest BCUT2D eigenvalue weighted by atomic mass is 19.1. The first kappa shape index (κ1) is 17.8. The van der Waals surface area contributed by atoms with Crippen molar-refractivity contribution in [2.75, 3.05) is 12.4 Å². The van der Waals surface area contributed by atoms with Crippen molar-refractivity contribution in [1.82, 2.24) is 10.3 Å². The van der Waals surface area contributed by atoms with Crippen LogP contribution in [0.15, 0.2) is 36.5 Å². The zero-order chi connectivity index (χ0) is 17.7. The average molecular weight is 335 g/mol. The lowest BCUT2D eigenvalue weighted by Gasteiger charge is -2.24. The first-order valence-electron chi connectivity index (χ1n) is 7.54. The van der Waals surface area contributed by atoms with E-state index in [4.69, 9.17) is 0 Å². The molecule has 0 radical (unpaired) electrons. The average Bonchev–Trinajstić information content (AvgIpc) is 2.59. The van der Waals surface area contributed by atoms with Crippen LogP contribution in [0.2, 0.25) is 0 Å². The summed E-state index contributed by atoms with van der Waals surface area (Å²) in [6.07, 6.45) is 0.178. The minimum absolute atomic E-state index is 0.286. The third-order valence-corrected chi connectivity index (χ3v) is 3.71. The second-order valence-electron chi connectivity index (χ2n) is 5.25. The molecule has 2 unspecified atom stereocenters. The lowest BCUT2D eigenvalue weighted by atomic mass is 9.99. The van der Waals surface area contributed by atoms with Crippen molar-refractivity contribution in [3.8, 4) is 0 Å². The van der Waals surface area contributed by atoms with E-state index in [0.29, 0.717) is 12.2 Å².